The Bertz CT molecular complexity index is 243. The van der Waals surface area contributed by atoms with Crippen LogP contribution in [0.4, 0.5) is 5.69 Å². The number of benzene rings is 1. The highest BCUT2D eigenvalue weighted by Gasteiger charge is 1.99. The Morgan fingerprint density at radius 3 is 2.46 bits per heavy atom. The molecule has 0 saturated carbocycles. The van der Waals surface area contributed by atoms with Gasteiger partial charge in [-0.15, -0.1) is 0 Å². The van der Waals surface area contributed by atoms with Crippen LogP contribution < -0.4 is 5.32 Å². The van der Waals surface area contributed by atoms with Gasteiger partial charge in [-0.05, 0) is 60.2 Å². The molecule has 0 saturated heterocycles. The number of nitrogens with one attached hydrogen (secondary N) is 1. The van der Waals surface area contributed by atoms with Crippen molar-refractivity contribution in [3.63, 3.8) is 0 Å². The predicted molar refractivity (Wildman–Crippen MR) is 67.2 cm³/mol. The molecule has 0 amide bonds. The minimum absolute atomic E-state index is 0.574. The standard InChI is InChI=1S/C11H16IN/c1-3-4-9(2)13-11-7-5-10(12)6-8-11/h5-9,13H,3-4H2,1-2H3. The summed E-state index contributed by atoms with van der Waals surface area (Å²) in [7, 11) is 0. The minimum Gasteiger partial charge on any atom is -0.383 e. The maximum Gasteiger partial charge on any atom is 0.0342 e. The van der Waals surface area contributed by atoms with E-state index >= 15 is 0 Å². The van der Waals surface area contributed by atoms with E-state index in [1.54, 1.807) is 0 Å². The first-order valence-corrected chi connectivity index (χ1v) is 5.82. The Morgan fingerprint density at radius 1 is 1.31 bits per heavy atom. The van der Waals surface area contributed by atoms with E-state index in [0.29, 0.717) is 6.04 Å². The first-order chi connectivity index (χ1) is 6.22. The molecule has 0 radical (unpaired) electrons. The van der Waals surface area contributed by atoms with Crippen LogP contribution in [-0.2, 0) is 0 Å². The van der Waals surface area contributed by atoms with Crippen molar-refractivity contribution in [2.24, 2.45) is 0 Å². The van der Waals surface area contributed by atoms with E-state index in [1.807, 2.05) is 0 Å². The topological polar surface area (TPSA) is 12.0 Å². The highest BCUT2D eigenvalue weighted by Crippen LogP contribution is 2.13. The Labute approximate surface area is 94.1 Å². The summed E-state index contributed by atoms with van der Waals surface area (Å²) in [5.74, 6) is 0. The van der Waals surface area contributed by atoms with E-state index < -0.39 is 0 Å². The third kappa shape index (κ3) is 3.98. The van der Waals surface area contributed by atoms with Crippen LogP contribution in [0.1, 0.15) is 26.7 Å². The van der Waals surface area contributed by atoms with E-state index in [-0.39, 0.29) is 0 Å². The van der Waals surface area contributed by atoms with Crippen LogP contribution in [0, 0.1) is 3.57 Å². The number of hydrogen-bond donors (Lipinski definition) is 1. The first kappa shape index (κ1) is 10.8. The zero-order chi connectivity index (χ0) is 9.68. The number of anilines is 1. The zero-order valence-corrected chi connectivity index (χ0v) is 10.3. The molecule has 1 N–H and O–H groups in total. The average molecular weight is 289 g/mol. The number of halogens is 1. The van der Waals surface area contributed by atoms with Crippen molar-refractivity contribution in [3.8, 4) is 0 Å². The van der Waals surface area contributed by atoms with Gasteiger partial charge in [-0.2, -0.15) is 0 Å². The quantitative estimate of drug-likeness (QED) is 0.829. The maximum absolute atomic E-state index is 3.47. The summed E-state index contributed by atoms with van der Waals surface area (Å²) in [6, 6.07) is 9.09. The van der Waals surface area contributed by atoms with Crippen LogP contribution in [0.15, 0.2) is 24.3 Å². The molecule has 1 rings (SSSR count). The molecule has 0 spiro atoms. The van der Waals surface area contributed by atoms with Gasteiger partial charge in [0.2, 0.25) is 0 Å². The Kier molecular flexibility index (Phi) is 4.56. The van der Waals surface area contributed by atoms with E-state index in [1.165, 1.54) is 22.1 Å². The van der Waals surface area contributed by atoms with Crippen molar-refractivity contribution >= 4 is 28.3 Å². The van der Waals surface area contributed by atoms with Crippen LogP contribution in [-0.4, -0.2) is 6.04 Å². The Morgan fingerprint density at radius 2 is 1.92 bits per heavy atom. The van der Waals surface area contributed by atoms with Crippen LogP contribution >= 0.6 is 22.6 Å². The van der Waals surface area contributed by atoms with Crippen molar-refractivity contribution in [2.45, 2.75) is 32.7 Å². The van der Waals surface area contributed by atoms with Crippen molar-refractivity contribution in [1.29, 1.82) is 0 Å². The summed E-state index contributed by atoms with van der Waals surface area (Å²) in [5, 5.41) is 3.47. The monoisotopic (exact) mass is 289 g/mol. The van der Waals surface area contributed by atoms with Gasteiger partial charge in [0.15, 0.2) is 0 Å². The van der Waals surface area contributed by atoms with Gasteiger partial charge in [-0.1, -0.05) is 13.3 Å². The molecule has 0 heterocycles. The average Bonchev–Trinajstić information content (AvgIpc) is 2.09. The van der Waals surface area contributed by atoms with Gasteiger partial charge in [0.05, 0.1) is 0 Å². The van der Waals surface area contributed by atoms with Crippen molar-refractivity contribution in [2.75, 3.05) is 5.32 Å². The second-order valence-corrected chi connectivity index (χ2v) is 4.59. The van der Waals surface area contributed by atoms with Crippen LogP contribution in [0.5, 0.6) is 0 Å². The zero-order valence-electron chi connectivity index (χ0n) is 8.18. The molecule has 0 aromatic heterocycles. The highest BCUT2D eigenvalue weighted by atomic mass is 127. The normalized spacial score (nSPS) is 12.5. The molecule has 2 heteroatoms. The van der Waals surface area contributed by atoms with Gasteiger partial charge >= 0.3 is 0 Å². The number of rotatable bonds is 4. The van der Waals surface area contributed by atoms with Crippen LogP contribution in [0.2, 0.25) is 0 Å². The van der Waals surface area contributed by atoms with Gasteiger partial charge in [-0.3, -0.25) is 0 Å². The van der Waals surface area contributed by atoms with Gasteiger partial charge in [0.1, 0.15) is 0 Å². The van der Waals surface area contributed by atoms with Crippen LogP contribution in [0.25, 0.3) is 0 Å². The second kappa shape index (κ2) is 5.47. The fourth-order valence-corrected chi connectivity index (χ4v) is 1.70. The van der Waals surface area contributed by atoms with Gasteiger partial charge in [0.25, 0.3) is 0 Å². The molecule has 72 valence electrons. The molecule has 1 nitrogen and oxygen atoms in total. The summed E-state index contributed by atoms with van der Waals surface area (Å²) in [5.41, 5.74) is 1.22. The maximum atomic E-state index is 3.47. The van der Waals surface area contributed by atoms with Gasteiger partial charge in [-0.25, -0.2) is 0 Å². The molecular weight excluding hydrogens is 273 g/mol. The SMILES string of the molecule is CCCC(C)Nc1ccc(I)cc1. The minimum atomic E-state index is 0.574. The fourth-order valence-electron chi connectivity index (χ4n) is 1.34. The van der Waals surface area contributed by atoms with E-state index in [0.717, 1.165) is 0 Å². The lowest BCUT2D eigenvalue weighted by molar-refractivity contribution is 0.690. The fraction of sp³-hybridized carbons (Fsp3) is 0.455. The van der Waals surface area contributed by atoms with Crippen molar-refractivity contribution < 1.29 is 0 Å². The Balaban J connectivity index is 2.49. The molecule has 0 bridgehead atoms. The summed E-state index contributed by atoms with van der Waals surface area (Å²) < 4.78 is 1.28. The molecule has 1 aromatic rings. The smallest absolute Gasteiger partial charge is 0.0342 e. The Hall–Kier alpha value is -0.250. The van der Waals surface area contributed by atoms with Crippen molar-refractivity contribution in [3.05, 3.63) is 27.8 Å². The van der Waals surface area contributed by atoms with Gasteiger partial charge < -0.3 is 5.32 Å². The van der Waals surface area contributed by atoms with E-state index in [2.05, 4.69) is 66.0 Å². The summed E-state index contributed by atoms with van der Waals surface area (Å²) in [6.45, 7) is 4.44. The highest BCUT2D eigenvalue weighted by molar-refractivity contribution is 14.1. The molecule has 13 heavy (non-hydrogen) atoms. The number of hydrogen-bond acceptors (Lipinski definition) is 1. The third-order valence-electron chi connectivity index (χ3n) is 1.98. The molecule has 1 unspecified atom stereocenters. The summed E-state index contributed by atoms with van der Waals surface area (Å²) in [6.07, 6.45) is 2.46. The van der Waals surface area contributed by atoms with E-state index in [9.17, 15) is 0 Å². The predicted octanol–water partition coefficient (Wildman–Crippen LogP) is 3.89. The molecular formula is C11H16IN. The lowest BCUT2D eigenvalue weighted by Crippen LogP contribution is -2.14. The first-order valence-electron chi connectivity index (χ1n) is 4.74. The summed E-state index contributed by atoms with van der Waals surface area (Å²) in [4.78, 5) is 0. The lowest BCUT2D eigenvalue weighted by atomic mass is 10.2. The molecule has 0 aliphatic rings. The molecule has 0 fully saturated rings. The molecule has 0 aliphatic heterocycles. The lowest BCUT2D eigenvalue weighted by Gasteiger charge is -2.13. The van der Waals surface area contributed by atoms with Gasteiger partial charge in [0, 0.05) is 15.3 Å². The summed E-state index contributed by atoms with van der Waals surface area (Å²) >= 11 is 2.32. The molecule has 1 aromatic carbocycles. The van der Waals surface area contributed by atoms with Crippen LogP contribution in [0.3, 0.4) is 0 Å². The third-order valence-corrected chi connectivity index (χ3v) is 2.70. The molecule has 0 aliphatic carbocycles. The second-order valence-electron chi connectivity index (χ2n) is 3.34. The van der Waals surface area contributed by atoms with E-state index in [4.69, 9.17) is 0 Å². The van der Waals surface area contributed by atoms with Crippen molar-refractivity contribution in [1.82, 2.24) is 0 Å². The largest absolute Gasteiger partial charge is 0.383 e. The molecule has 1 atom stereocenters.